The van der Waals surface area contributed by atoms with E-state index < -0.39 is 0 Å². The third-order valence-corrected chi connectivity index (χ3v) is 5.45. The van der Waals surface area contributed by atoms with E-state index in [0.29, 0.717) is 23.8 Å². The number of nitrogens with zero attached hydrogens (tertiary/aromatic N) is 4. The molecule has 2 aromatic carbocycles. The lowest BCUT2D eigenvalue weighted by Gasteiger charge is -2.20. The molecule has 0 amide bonds. The van der Waals surface area contributed by atoms with Crippen LogP contribution in [0, 0.1) is 0 Å². The molecule has 4 aromatic rings. The first-order valence-electron chi connectivity index (χ1n) is 10.6. The number of esters is 1. The third-order valence-electron chi connectivity index (χ3n) is 5.45. The van der Waals surface area contributed by atoms with E-state index in [0.717, 1.165) is 48.4 Å². The van der Waals surface area contributed by atoms with Crippen molar-refractivity contribution < 1.29 is 9.53 Å². The molecule has 0 unspecified atom stereocenters. The fourth-order valence-electron chi connectivity index (χ4n) is 3.92. The van der Waals surface area contributed by atoms with Crippen molar-refractivity contribution in [3.8, 4) is 11.4 Å². The predicted molar refractivity (Wildman–Crippen MR) is 119 cm³/mol. The van der Waals surface area contributed by atoms with Crippen LogP contribution in [0.25, 0.3) is 17.2 Å². The average Bonchev–Trinajstić information content (AvgIpc) is 3.24. The maximum atomic E-state index is 11.9. The van der Waals surface area contributed by atoms with Crippen LogP contribution >= 0.6 is 0 Å². The summed E-state index contributed by atoms with van der Waals surface area (Å²) in [5, 5.41) is 8.27. The van der Waals surface area contributed by atoms with Crippen LogP contribution < -0.4 is 5.32 Å². The number of carbonyl (C=O) groups excluding carboxylic acids is 1. The van der Waals surface area contributed by atoms with Gasteiger partial charge in [-0.3, -0.25) is 0 Å². The van der Waals surface area contributed by atoms with Crippen LogP contribution in [0.5, 0.6) is 0 Å². The molecule has 1 aliphatic carbocycles. The highest BCUT2D eigenvalue weighted by molar-refractivity contribution is 5.90. The molecule has 0 bridgehead atoms. The Morgan fingerprint density at radius 1 is 1.03 bits per heavy atom. The van der Waals surface area contributed by atoms with Gasteiger partial charge in [-0.2, -0.15) is 9.50 Å². The summed E-state index contributed by atoms with van der Waals surface area (Å²) in [5.74, 6) is 1.81. The van der Waals surface area contributed by atoms with Gasteiger partial charge in [-0.05, 0) is 56.9 Å². The molecule has 2 heterocycles. The van der Waals surface area contributed by atoms with E-state index in [9.17, 15) is 4.79 Å². The van der Waals surface area contributed by atoms with Crippen LogP contribution in [0.4, 0.5) is 11.5 Å². The largest absolute Gasteiger partial charge is 0.462 e. The van der Waals surface area contributed by atoms with Crippen molar-refractivity contribution in [1.29, 1.82) is 0 Å². The van der Waals surface area contributed by atoms with Crippen molar-refractivity contribution in [1.82, 2.24) is 19.6 Å². The molecular formula is C24H23N5O2. The van der Waals surface area contributed by atoms with E-state index in [-0.39, 0.29) is 5.97 Å². The minimum absolute atomic E-state index is 0.318. The first-order valence-corrected chi connectivity index (χ1v) is 10.6. The van der Waals surface area contributed by atoms with E-state index >= 15 is 0 Å². The van der Waals surface area contributed by atoms with E-state index in [1.54, 1.807) is 23.6 Å². The highest BCUT2D eigenvalue weighted by Gasteiger charge is 2.21. The molecule has 1 aliphatic rings. The van der Waals surface area contributed by atoms with Gasteiger partial charge in [0.25, 0.3) is 5.78 Å². The Hall–Kier alpha value is -3.74. The lowest BCUT2D eigenvalue weighted by atomic mass is 9.96. The van der Waals surface area contributed by atoms with Crippen molar-refractivity contribution in [2.24, 2.45) is 0 Å². The Bertz CT molecular complexity index is 1230. The van der Waals surface area contributed by atoms with Crippen molar-refractivity contribution in [2.75, 3.05) is 11.9 Å². The molecule has 1 N–H and O–H groups in total. The molecule has 7 nitrogen and oxygen atoms in total. The van der Waals surface area contributed by atoms with Crippen LogP contribution in [-0.4, -0.2) is 32.2 Å². The third kappa shape index (κ3) is 3.74. The number of aromatic nitrogens is 4. The van der Waals surface area contributed by atoms with E-state index in [2.05, 4.69) is 5.32 Å². The zero-order valence-corrected chi connectivity index (χ0v) is 17.3. The SMILES string of the molecule is CCOC(=O)c1ccc(Nc2c3c(nc4nc(-c5ccccc5)nn24)CCCC3)cc1. The minimum Gasteiger partial charge on any atom is -0.462 e. The van der Waals surface area contributed by atoms with Crippen molar-refractivity contribution in [2.45, 2.75) is 32.6 Å². The molecule has 7 heteroatoms. The number of hydrogen-bond acceptors (Lipinski definition) is 6. The maximum absolute atomic E-state index is 11.9. The minimum atomic E-state index is -0.318. The molecule has 0 saturated heterocycles. The van der Waals surface area contributed by atoms with Gasteiger partial charge in [0.05, 0.1) is 17.9 Å². The number of nitrogens with one attached hydrogen (secondary N) is 1. The van der Waals surface area contributed by atoms with Gasteiger partial charge >= 0.3 is 5.97 Å². The fraction of sp³-hybridized carbons (Fsp3) is 0.250. The molecule has 0 saturated carbocycles. The van der Waals surface area contributed by atoms with Crippen LogP contribution in [0.15, 0.2) is 54.6 Å². The molecule has 2 aromatic heterocycles. The highest BCUT2D eigenvalue weighted by Crippen LogP contribution is 2.30. The lowest BCUT2D eigenvalue weighted by Crippen LogP contribution is -2.13. The first kappa shape index (κ1) is 19.2. The first-order chi connectivity index (χ1) is 15.2. The number of fused-ring (bicyclic) bond motifs is 2. The van der Waals surface area contributed by atoms with E-state index in [1.165, 1.54) is 5.56 Å². The summed E-state index contributed by atoms with van der Waals surface area (Å²) in [6.45, 7) is 2.16. The van der Waals surface area contributed by atoms with Gasteiger partial charge in [-0.15, -0.1) is 5.10 Å². The zero-order valence-electron chi connectivity index (χ0n) is 17.3. The van der Waals surface area contributed by atoms with Crippen molar-refractivity contribution >= 4 is 23.3 Å². The molecule has 5 rings (SSSR count). The van der Waals surface area contributed by atoms with Crippen LogP contribution in [0.3, 0.4) is 0 Å². The van der Waals surface area contributed by atoms with E-state index in [1.807, 2.05) is 42.5 Å². The number of aryl methyl sites for hydroxylation is 1. The fourth-order valence-corrected chi connectivity index (χ4v) is 3.92. The van der Waals surface area contributed by atoms with Gasteiger partial charge in [-0.25, -0.2) is 9.78 Å². The summed E-state index contributed by atoms with van der Waals surface area (Å²) < 4.78 is 6.87. The number of hydrogen-bond donors (Lipinski definition) is 1. The van der Waals surface area contributed by atoms with Crippen LogP contribution in [0.2, 0.25) is 0 Å². The molecule has 156 valence electrons. The van der Waals surface area contributed by atoms with Crippen molar-refractivity contribution in [3.63, 3.8) is 0 Å². The summed E-state index contributed by atoms with van der Waals surface area (Å²) in [7, 11) is 0. The second-order valence-corrected chi connectivity index (χ2v) is 7.53. The molecule has 0 aliphatic heterocycles. The second-order valence-electron chi connectivity index (χ2n) is 7.53. The number of carbonyl (C=O) groups is 1. The zero-order chi connectivity index (χ0) is 21.2. The Balaban J connectivity index is 1.56. The summed E-state index contributed by atoms with van der Waals surface area (Å²) in [6.07, 6.45) is 4.14. The lowest BCUT2D eigenvalue weighted by molar-refractivity contribution is 0.0526. The quantitative estimate of drug-likeness (QED) is 0.482. The Kier molecular flexibility index (Phi) is 5.08. The molecule has 31 heavy (non-hydrogen) atoms. The Morgan fingerprint density at radius 3 is 2.58 bits per heavy atom. The summed E-state index contributed by atoms with van der Waals surface area (Å²) in [4.78, 5) is 21.4. The average molecular weight is 413 g/mol. The van der Waals surface area contributed by atoms with Gasteiger partial charge < -0.3 is 10.1 Å². The molecule has 0 spiro atoms. The smallest absolute Gasteiger partial charge is 0.338 e. The molecule has 0 radical (unpaired) electrons. The topological polar surface area (TPSA) is 81.4 Å². The van der Waals surface area contributed by atoms with Gasteiger partial charge in [0.15, 0.2) is 5.82 Å². The number of benzene rings is 2. The Morgan fingerprint density at radius 2 is 1.81 bits per heavy atom. The number of anilines is 2. The molecule has 0 atom stereocenters. The van der Waals surface area contributed by atoms with Crippen molar-refractivity contribution in [3.05, 3.63) is 71.4 Å². The van der Waals surface area contributed by atoms with Crippen LogP contribution in [0.1, 0.15) is 41.4 Å². The van der Waals surface area contributed by atoms with Gasteiger partial charge in [0.1, 0.15) is 5.82 Å². The Labute approximate surface area is 180 Å². The van der Waals surface area contributed by atoms with Gasteiger partial charge in [-0.1, -0.05) is 30.3 Å². The standard InChI is InChI=1S/C24H23N5O2/c1-2-31-23(30)17-12-14-18(15-13-17)25-22-19-10-6-7-11-20(19)26-24-27-21(28-29(22)24)16-8-4-3-5-9-16/h3-5,8-9,12-15,25H,2,6-7,10-11H2,1H3. The normalized spacial score (nSPS) is 13.1. The maximum Gasteiger partial charge on any atom is 0.338 e. The second kappa shape index (κ2) is 8.18. The highest BCUT2D eigenvalue weighted by atomic mass is 16.5. The summed E-state index contributed by atoms with van der Waals surface area (Å²) in [6, 6.07) is 17.2. The monoisotopic (exact) mass is 413 g/mol. The molecular weight excluding hydrogens is 390 g/mol. The summed E-state index contributed by atoms with van der Waals surface area (Å²) in [5.41, 5.74) is 4.61. The van der Waals surface area contributed by atoms with Gasteiger partial charge in [0, 0.05) is 16.8 Å². The van der Waals surface area contributed by atoms with Gasteiger partial charge in [0.2, 0.25) is 0 Å². The van der Waals surface area contributed by atoms with E-state index in [4.69, 9.17) is 19.8 Å². The predicted octanol–water partition coefficient (Wildman–Crippen LogP) is 4.59. The summed E-state index contributed by atoms with van der Waals surface area (Å²) >= 11 is 0. The molecule has 0 fully saturated rings. The number of ether oxygens (including phenoxy) is 1. The number of rotatable bonds is 5. The van der Waals surface area contributed by atoms with Crippen LogP contribution in [-0.2, 0) is 17.6 Å².